The number of hydrogen-bond donors (Lipinski definition) is 1. The lowest BCUT2D eigenvalue weighted by Crippen LogP contribution is -2.43. The molecular formula is C27H25F2N7O2. The molecule has 11 heteroatoms. The third-order valence-electron chi connectivity index (χ3n) is 8.46. The highest BCUT2D eigenvalue weighted by molar-refractivity contribution is 5.98. The van der Waals surface area contributed by atoms with Gasteiger partial charge in [-0.05, 0) is 31.4 Å². The van der Waals surface area contributed by atoms with Crippen molar-refractivity contribution in [2.75, 3.05) is 13.6 Å². The van der Waals surface area contributed by atoms with Gasteiger partial charge in [-0.2, -0.15) is 8.78 Å². The number of carbonyl (C=O) groups excluding carboxylic acids is 1. The maximum Gasteiger partial charge on any atom is 0.387 e. The Labute approximate surface area is 216 Å². The van der Waals surface area contributed by atoms with Crippen LogP contribution in [0.25, 0.3) is 16.9 Å². The minimum Gasteiger partial charge on any atom is -0.434 e. The van der Waals surface area contributed by atoms with Crippen molar-refractivity contribution in [3.05, 3.63) is 71.3 Å². The van der Waals surface area contributed by atoms with Gasteiger partial charge in [-0.15, -0.1) is 0 Å². The number of imidazole rings is 1. The molecule has 0 spiro atoms. The SMILES string of the molecule is CN1C(=O)c2cccc(OC(F)F)c2C2CC1c1nc3ncc(-c4cnc(C5(CN)CCC5)nc4)cn3c12. The highest BCUT2D eigenvalue weighted by Crippen LogP contribution is 2.52. The molecule has 4 heterocycles. The third-order valence-corrected chi connectivity index (χ3v) is 8.46. The molecule has 194 valence electrons. The van der Waals surface area contributed by atoms with Crippen LogP contribution >= 0.6 is 0 Å². The Balaban J connectivity index is 1.35. The van der Waals surface area contributed by atoms with Gasteiger partial charge in [0.05, 0.1) is 17.4 Å². The van der Waals surface area contributed by atoms with E-state index in [1.54, 1.807) is 42.7 Å². The zero-order valence-electron chi connectivity index (χ0n) is 20.6. The van der Waals surface area contributed by atoms with Crippen molar-refractivity contribution in [3.63, 3.8) is 0 Å². The largest absolute Gasteiger partial charge is 0.434 e. The van der Waals surface area contributed by atoms with Gasteiger partial charge >= 0.3 is 6.61 Å². The molecule has 0 saturated heterocycles. The van der Waals surface area contributed by atoms with Crippen molar-refractivity contribution >= 4 is 11.7 Å². The minimum absolute atomic E-state index is 0.00521. The average Bonchev–Trinajstić information content (AvgIpc) is 3.41. The van der Waals surface area contributed by atoms with Gasteiger partial charge in [0, 0.05) is 72.0 Å². The molecule has 3 aromatic heterocycles. The van der Waals surface area contributed by atoms with Crippen LogP contribution in [-0.2, 0) is 5.41 Å². The fraction of sp³-hybridized carbons (Fsp3) is 0.370. The van der Waals surface area contributed by atoms with Crippen molar-refractivity contribution in [2.24, 2.45) is 5.73 Å². The van der Waals surface area contributed by atoms with E-state index in [-0.39, 0.29) is 29.0 Å². The molecule has 0 radical (unpaired) electrons. The van der Waals surface area contributed by atoms with Crippen LogP contribution in [0.15, 0.2) is 43.0 Å². The Kier molecular flexibility index (Phi) is 5.03. The predicted octanol–water partition coefficient (Wildman–Crippen LogP) is 3.83. The first-order valence-corrected chi connectivity index (χ1v) is 12.7. The van der Waals surface area contributed by atoms with Gasteiger partial charge in [-0.25, -0.2) is 19.9 Å². The number of aromatic nitrogens is 5. The van der Waals surface area contributed by atoms with Crippen LogP contribution in [0.5, 0.6) is 5.75 Å². The van der Waals surface area contributed by atoms with Gasteiger partial charge in [0.15, 0.2) is 0 Å². The number of alkyl halides is 2. The number of hydrogen-bond acceptors (Lipinski definition) is 7. The maximum atomic E-state index is 13.3. The maximum absolute atomic E-state index is 13.3. The summed E-state index contributed by atoms with van der Waals surface area (Å²) in [4.78, 5) is 33.5. The number of benzene rings is 1. The lowest BCUT2D eigenvalue weighted by Gasteiger charge is -2.39. The van der Waals surface area contributed by atoms with Gasteiger partial charge in [0.25, 0.3) is 5.91 Å². The second-order valence-corrected chi connectivity index (χ2v) is 10.3. The molecule has 1 amide bonds. The number of nitrogens with zero attached hydrogens (tertiary/aromatic N) is 6. The van der Waals surface area contributed by atoms with Crippen LogP contribution in [0, 0.1) is 0 Å². The van der Waals surface area contributed by atoms with Crippen molar-refractivity contribution in [3.8, 4) is 16.9 Å². The van der Waals surface area contributed by atoms with E-state index in [0.29, 0.717) is 29.9 Å². The monoisotopic (exact) mass is 517 g/mol. The summed E-state index contributed by atoms with van der Waals surface area (Å²) < 4.78 is 33.4. The first-order chi connectivity index (χ1) is 18.4. The minimum atomic E-state index is -3.01. The zero-order valence-corrected chi connectivity index (χ0v) is 20.6. The Hall–Kier alpha value is -3.99. The number of carbonyl (C=O) groups is 1. The van der Waals surface area contributed by atoms with Gasteiger partial charge < -0.3 is 15.4 Å². The van der Waals surface area contributed by atoms with Gasteiger partial charge in [-0.3, -0.25) is 9.20 Å². The molecular weight excluding hydrogens is 492 g/mol. The molecule has 2 bridgehead atoms. The van der Waals surface area contributed by atoms with Crippen LogP contribution in [0.3, 0.4) is 0 Å². The molecule has 38 heavy (non-hydrogen) atoms. The van der Waals surface area contributed by atoms with Crippen LogP contribution in [0.2, 0.25) is 0 Å². The Bertz CT molecular complexity index is 1580. The summed E-state index contributed by atoms with van der Waals surface area (Å²) >= 11 is 0. The molecule has 7 rings (SSSR count). The highest BCUT2D eigenvalue weighted by Gasteiger charge is 2.46. The first kappa shape index (κ1) is 23.2. The number of nitrogens with two attached hydrogens (primary N) is 1. The van der Waals surface area contributed by atoms with Crippen LogP contribution < -0.4 is 10.5 Å². The van der Waals surface area contributed by atoms with Crippen molar-refractivity contribution in [2.45, 2.75) is 49.7 Å². The van der Waals surface area contributed by atoms with E-state index in [9.17, 15) is 13.6 Å². The molecule has 2 unspecified atom stereocenters. The number of halogens is 2. The Morgan fingerprint density at radius 3 is 2.61 bits per heavy atom. The quantitative estimate of drug-likeness (QED) is 0.428. The van der Waals surface area contributed by atoms with E-state index in [1.165, 1.54) is 6.07 Å². The molecule has 1 aromatic carbocycles. The smallest absolute Gasteiger partial charge is 0.387 e. The van der Waals surface area contributed by atoms with Crippen molar-refractivity contribution in [1.29, 1.82) is 0 Å². The van der Waals surface area contributed by atoms with Crippen LogP contribution in [-0.4, -0.2) is 55.3 Å². The second kappa shape index (κ2) is 8.26. The topological polar surface area (TPSA) is 112 Å². The molecule has 1 saturated carbocycles. The molecule has 2 atom stereocenters. The Morgan fingerprint density at radius 2 is 1.92 bits per heavy atom. The molecule has 3 aliphatic rings. The summed E-state index contributed by atoms with van der Waals surface area (Å²) in [6.45, 7) is -2.48. The highest BCUT2D eigenvalue weighted by atomic mass is 19.3. The average molecular weight is 518 g/mol. The van der Waals surface area contributed by atoms with E-state index in [4.69, 9.17) is 15.5 Å². The number of amides is 1. The normalized spacial score (nSPS) is 21.3. The van der Waals surface area contributed by atoms with Gasteiger partial charge in [-0.1, -0.05) is 12.5 Å². The lowest BCUT2D eigenvalue weighted by atomic mass is 9.68. The fourth-order valence-corrected chi connectivity index (χ4v) is 6.25. The number of ether oxygens (including phenoxy) is 1. The second-order valence-electron chi connectivity index (χ2n) is 10.3. The standard InChI is InChI=1S/C27H25F2N7O2/c1-35-18-8-17(20-16(23(35)37)4-2-5-19(20)38-25(28)29)22-21(18)34-26-33-11-15(12-36(22)26)14-9-31-24(32-10-14)27(13-30)6-3-7-27/h2,4-5,9-12,17-18,25H,3,6-8,13,30H2,1H3. The molecule has 4 aromatic rings. The van der Waals surface area contributed by atoms with E-state index in [1.807, 2.05) is 10.6 Å². The molecule has 2 N–H and O–H groups in total. The summed E-state index contributed by atoms with van der Waals surface area (Å²) in [5.41, 5.74) is 9.83. The van der Waals surface area contributed by atoms with Crippen LogP contribution in [0.1, 0.15) is 70.8 Å². The summed E-state index contributed by atoms with van der Waals surface area (Å²) in [5.74, 6) is 0.628. The molecule has 1 aliphatic heterocycles. The molecule has 2 aliphatic carbocycles. The van der Waals surface area contributed by atoms with E-state index in [0.717, 1.165) is 47.6 Å². The van der Waals surface area contributed by atoms with E-state index < -0.39 is 6.61 Å². The van der Waals surface area contributed by atoms with Gasteiger partial charge in [0.2, 0.25) is 5.78 Å². The first-order valence-electron chi connectivity index (χ1n) is 12.7. The van der Waals surface area contributed by atoms with Crippen molar-refractivity contribution in [1.82, 2.24) is 29.2 Å². The fourth-order valence-electron chi connectivity index (χ4n) is 6.25. The van der Waals surface area contributed by atoms with E-state index >= 15 is 0 Å². The number of fused-ring (bicyclic) bond motifs is 9. The summed E-state index contributed by atoms with van der Waals surface area (Å²) in [7, 11) is 1.72. The summed E-state index contributed by atoms with van der Waals surface area (Å²) in [5, 5.41) is 0. The summed E-state index contributed by atoms with van der Waals surface area (Å²) in [6.07, 6.45) is 10.9. The molecule has 1 fully saturated rings. The van der Waals surface area contributed by atoms with Gasteiger partial charge in [0.1, 0.15) is 11.6 Å². The zero-order chi connectivity index (χ0) is 26.2. The van der Waals surface area contributed by atoms with Crippen molar-refractivity contribution < 1.29 is 18.3 Å². The summed E-state index contributed by atoms with van der Waals surface area (Å²) in [6, 6.07) is 4.41. The molecule has 9 nitrogen and oxygen atoms in total. The van der Waals surface area contributed by atoms with Crippen LogP contribution in [0.4, 0.5) is 8.78 Å². The lowest BCUT2D eigenvalue weighted by molar-refractivity contribution is -0.0506. The predicted molar refractivity (Wildman–Crippen MR) is 133 cm³/mol. The third kappa shape index (κ3) is 3.20. The Morgan fingerprint density at radius 1 is 1.16 bits per heavy atom. The number of rotatable bonds is 5. The van der Waals surface area contributed by atoms with E-state index in [2.05, 4.69) is 15.0 Å².